The van der Waals surface area contributed by atoms with Gasteiger partial charge in [-0.1, -0.05) is 20.8 Å². The summed E-state index contributed by atoms with van der Waals surface area (Å²) in [6.07, 6.45) is 9.39. The predicted molar refractivity (Wildman–Crippen MR) is 123 cm³/mol. The van der Waals surface area contributed by atoms with E-state index in [1.807, 2.05) is 18.4 Å². The predicted octanol–water partition coefficient (Wildman–Crippen LogP) is 3.16. The first-order valence-corrected chi connectivity index (χ1v) is 12.1. The molecule has 3 saturated carbocycles. The summed E-state index contributed by atoms with van der Waals surface area (Å²) in [6, 6.07) is 4.03. The quantitative estimate of drug-likeness (QED) is 0.642. The number of nitrogens with one attached hydrogen (secondary N) is 2. The van der Waals surface area contributed by atoms with Crippen molar-refractivity contribution in [2.45, 2.75) is 57.6 Å². The van der Waals surface area contributed by atoms with Crippen LogP contribution in [0.3, 0.4) is 0 Å². The molecule has 2 aromatic heterocycles. The smallest absolute Gasteiger partial charge is 0.283 e. The molecule has 2 bridgehead atoms. The van der Waals surface area contributed by atoms with Crippen molar-refractivity contribution in [1.29, 1.82) is 0 Å². The number of pyridine rings is 1. The lowest BCUT2D eigenvalue weighted by Gasteiger charge is -2.62. The van der Waals surface area contributed by atoms with Gasteiger partial charge in [0, 0.05) is 25.0 Å². The fourth-order valence-electron chi connectivity index (χ4n) is 5.32. The number of carbonyl (C=O) groups excluding carboxylic acids is 1. The Morgan fingerprint density at radius 3 is 2.68 bits per heavy atom. The van der Waals surface area contributed by atoms with Crippen molar-refractivity contribution in [2.75, 3.05) is 11.6 Å². The fourth-order valence-corrected chi connectivity index (χ4v) is 5.93. The van der Waals surface area contributed by atoms with Crippen molar-refractivity contribution in [3.8, 4) is 0 Å². The molecule has 0 aliphatic heterocycles. The molecule has 8 heteroatoms. The Kier molecular flexibility index (Phi) is 6.10. The third-order valence-electron chi connectivity index (χ3n) is 7.43. The molecule has 4 atom stereocenters. The highest BCUT2D eigenvalue weighted by atomic mass is 32.2. The zero-order valence-electron chi connectivity index (χ0n) is 18.6. The van der Waals surface area contributed by atoms with E-state index in [1.54, 1.807) is 18.6 Å². The topological polar surface area (TPSA) is 88.9 Å². The number of rotatable bonds is 7. The maximum absolute atomic E-state index is 13.0. The van der Waals surface area contributed by atoms with Gasteiger partial charge < -0.3 is 10.6 Å². The van der Waals surface area contributed by atoms with Gasteiger partial charge in [0.05, 0.1) is 16.8 Å². The van der Waals surface area contributed by atoms with Gasteiger partial charge in [0.2, 0.25) is 5.91 Å². The summed E-state index contributed by atoms with van der Waals surface area (Å²) in [6.45, 7) is 7.38. The second kappa shape index (κ2) is 8.65. The number of fused-ring (bicyclic) bond motifs is 2. The lowest BCUT2D eigenvalue weighted by Crippen LogP contribution is -2.58. The number of anilines is 1. The molecule has 0 saturated heterocycles. The van der Waals surface area contributed by atoms with Crippen molar-refractivity contribution >= 4 is 23.4 Å². The summed E-state index contributed by atoms with van der Waals surface area (Å²) in [5, 5.41) is 10.7. The first kappa shape index (κ1) is 21.9. The zero-order valence-corrected chi connectivity index (χ0v) is 19.4. The number of nitrogens with zero attached hydrogens (tertiary/aromatic N) is 3. The van der Waals surface area contributed by atoms with Crippen molar-refractivity contribution in [2.24, 2.45) is 23.2 Å². The van der Waals surface area contributed by atoms with E-state index < -0.39 is 0 Å². The molecular formula is C23H31N5O2S. The molecule has 5 rings (SSSR count). The van der Waals surface area contributed by atoms with E-state index in [2.05, 4.69) is 41.5 Å². The third kappa shape index (κ3) is 4.22. The van der Waals surface area contributed by atoms with Crippen LogP contribution in [0.5, 0.6) is 0 Å². The SMILES string of the molecule is CSc1c(N[C@@H]2C[C@@H]3C[C@H](C2C)C3(C)C)cnn(CC(=O)NCc2ccncc2)c1=O. The first-order chi connectivity index (χ1) is 14.8. The second-order valence-electron chi connectivity index (χ2n) is 9.39. The van der Waals surface area contributed by atoms with E-state index >= 15 is 0 Å². The Hall–Kier alpha value is -2.35. The molecule has 31 heavy (non-hydrogen) atoms. The van der Waals surface area contributed by atoms with Crippen LogP contribution in [0.15, 0.2) is 40.4 Å². The molecule has 2 heterocycles. The zero-order chi connectivity index (χ0) is 22.2. The molecular weight excluding hydrogens is 410 g/mol. The van der Waals surface area contributed by atoms with Crippen LogP contribution in [0.4, 0.5) is 5.69 Å². The largest absolute Gasteiger partial charge is 0.380 e. The van der Waals surface area contributed by atoms with Gasteiger partial charge in [0.25, 0.3) is 5.56 Å². The third-order valence-corrected chi connectivity index (χ3v) is 8.23. The minimum Gasteiger partial charge on any atom is -0.380 e. The van der Waals surface area contributed by atoms with Crippen LogP contribution in [-0.4, -0.2) is 33.0 Å². The summed E-state index contributed by atoms with van der Waals surface area (Å²) < 4.78 is 1.24. The number of thioether (sulfide) groups is 1. The van der Waals surface area contributed by atoms with Gasteiger partial charge in [-0.25, -0.2) is 4.68 Å². The average Bonchev–Trinajstić information content (AvgIpc) is 2.76. The van der Waals surface area contributed by atoms with Gasteiger partial charge in [-0.3, -0.25) is 14.6 Å². The Bertz CT molecular complexity index is 1010. The van der Waals surface area contributed by atoms with Crippen molar-refractivity contribution in [1.82, 2.24) is 20.1 Å². The molecule has 1 unspecified atom stereocenters. The van der Waals surface area contributed by atoms with E-state index in [0.29, 0.717) is 28.8 Å². The monoisotopic (exact) mass is 441 g/mol. The molecule has 2 N–H and O–H groups in total. The highest BCUT2D eigenvalue weighted by molar-refractivity contribution is 7.98. The van der Waals surface area contributed by atoms with Gasteiger partial charge in [-0.15, -0.1) is 11.8 Å². The molecule has 2 aromatic rings. The van der Waals surface area contributed by atoms with Crippen LogP contribution < -0.4 is 16.2 Å². The lowest BCUT2D eigenvalue weighted by atomic mass is 9.45. The van der Waals surface area contributed by atoms with E-state index in [4.69, 9.17) is 0 Å². The number of amides is 1. The van der Waals surface area contributed by atoms with Crippen molar-refractivity contribution in [3.63, 3.8) is 0 Å². The maximum atomic E-state index is 13.0. The molecule has 7 nitrogen and oxygen atoms in total. The van der Waals surface area contributed by atoms with Crippen LogP contribution in [0, 0.1) is 23.2 Å². The summed E-state index contributed by atoms with van der Waals surface area (Å²) in [7, 11) is 0. The molecule has 0 radical (unpaired) electrons. The highest BCUT2D eigenvalue weighted by Gasteiger charge is 2.56. The van der Waals surface area contributed by atoms with Crippen LogP contribution in [-0.2, 0) is 17.9 Å². The lowest BCUT2D eigenvalue weighted by molar-refractivity contribution is -0.122. The highest BCUT2D eigenvalue weighted by Crippen LogP contribution is 2.61. The Balaban J connectivity index is 1.43. The molecule has 166 valence electrons. The Labute approximate surface area is 187 Å². The van der Waals surface area contributed by atoms with Crippen LogP contribution in [0.25, 0.3) is 0 Å². The minimum atomic E-state index is -0.248. The molecule has 1 amide bonds. The van der Waals surface area contributed by atoms with Gasteiger partial charge in [0.15, 0.2) is 0 Å². The molecule has 0 aromatic carbocycles. The first-order valence-electron chi connectivity index (χ1n) is 10.9. The van der Waals surface area contributed by atoms with Crippen molar-refractivity contribution in [3.05, 3.63) is 46.6 Å². The van der Waals surface area contributed by atoms with Crippen molar-refractivity contribution < 1.29 is 4.79 Å². The Morgan fingerprint density at radius 1 is 1.29 bits per heavy atom. The maximum Gasteiger partial charge on any atom is 0.283 e. The van der Waals surface area contributed by atoms with Crippen LogP contribution in [0.2, 0.25) is 0 Å². The number of hydrogen-bond donors (Lipinski definition) is 2. The molecule has 3 fully saturated rings. The summed E-state index contributed by atoms with van der Waals surface area (Å²) in [5.74, 6) is 1.76. The standard InChI is InChI=1S/C23H31N5O2S/c1-14-17-9-16(23(17,2)3)10-18(14)27-19-12-26-28(22(30)21(19)31-4)13-20(29)25-11-15-5-7-24-8-6-15/h5-8,12,14,16-18,27H,9-11,13H2,1-4H3,(H,25,29)/t14?,16-,17+,18+/m0/s1. The number of hydrogen-bond acceptors (Lipinski definition) is 6. The van der Waals surface area contributed by atoms with Gasteiger partial charge in [0.1, 0.15) is 6.54 Å². The summed E-state index contributed by atoms with van der Waals surface area (Å²) in [4.78, 5) is 29.9. The average molecular weight is 442 g/mol. The molecule has 0 spiro atoms. The van der Waals surface area contributed by atoms with E-state index in [-0.39, 0.29) is 18.0 Å². The van der Waals surface area contributed by atoms with Gasteiger partial charge >= 0.3 is 0 Å². The normalized spacial score (nSPS) is 26.1. The van der Waals surface area contributed by atoms with Gasteiger partial charge in [-0.2, -0.15) is 5.10 Å². The summed E-state index contributed by atoms with van der Waals surface area (Å²) in [5.41, 5.74) is 1.92. The Morgan fingerprint density at radius 2 is 2.03 bits per heavy atom. The minimum absolute atomic E-state index is 0.101. The number of carbonyl (C=O) groups is 1. The number of aromatic nitrogens is 3. The van der Waals surface area contributed by atoms with E-state index in [9.17, 15) is 9.59 Å². The van der Waals surface area contributed by atoms with Crippen LogP contribution in [0.1, 0.15) is 39.2 Å². The second-order valence-corrected chi connectivity index (χ2v) is 10.2. The summed E-state index contributed by atoms with van der Waals surface area (Å²) >= 11 is 1.40. The van der Waals surface area contributed by atoms with Gasteiger partial charge in [-0.05, 0) is 60.0 Å². The molecule has 3 aliphatic rings. The fraction of sp³-hybridized carbons (Fsp3) is 0.565. The molecule has 3 aliphatic carbocycles. The van der Waals surface area contributed by atoms with E-state index in [1.165, 1.54) is 22.9 Å². The van der Waals surface area contributed by atoms with E-state index in [0.717, 1.165) is 29.5 Å². The van der Waals surface area contributed by atoms with Crippen LogP contribution >= 0.6 is 11.8 Å².